The van der Waals surface area contributed by atoms with E-state index in [-0.39, 0.29) is 0 Å². The van der Waals surface area contributed by atoms with Gasteiger partial charge in [0.05, 0.1) is 6.07 Å². The van der Waals surface area contributed by atoms with Gasteiger partial charge in [-0.25, -0.2) is 0 Å². The highest BCUT2D eigenvalue weighted by atomic mass is 15.2. The molecule has 2 heteroatoms. The van der Waals surface area contributed by atoms with Gasteiger partial charge in [0, 0.05) is 19.0 Å². The summed E-state index contributed by atoms with van der Waals surface area (Å²) < 4.78 is 0. The molecule has 0 N–H and O–H groups in total. The summed E-state index contributed by atoms with van der Waals surface area (Å²) in [6, 6.07) is 2.94. The Hall–Kier alpha value is -0.550. The zero-order chi connectivity index (χ0) is 9.68. The molecule has 0 amide bonds. The van der Waals surface area contributed by atoms with E-state index in [1.807, 2.05) is 0 Å². The number of nitrogens with zero attached hydrogens (tertiary/aromatic N) is 2. The third-order valence-corrected chi connectivity index (χ3v) is 2.98. The molecule has 0 saturated carbocycles. The molecule has 13 heavy (non-hydrogen) atoms. The van der Waals surface area contributed by atoms with Crippen LogP contribution in [-0.2, 0) is 0 Å². The van der Waals surface area contributed by atoms with Crippen LogP contribution in [0.15, 0.2) is 0 Å². The lowest BCUT2D eigenvalue weighted by Crippen LogP contribution is -2.41. The Kier molecular flexibility index (Phi) is 4.24. The molecule has 0 spiro atoms. The zero-order valence-electron chi connectivity index (χ0n) is 8.79. The van der Waals surface area contributed by atoms with Gasteiger partial charge in [-0.1, -0.05) is 6.92 Å². The summed E-state index contributed by atoms with van der Waals surface area (Å²) >= 11 is 0. The minimum atomic E-state index is 0.706. The summed E-state index contributed by atoms with van der Waals surface area (Å²) in [5.74, 6) is 0.846. The minimum Gasteiger partial charge on any atom is -0.300 e. The van der Waals surface area contributed by atoms with E-state index < -0.39 is 0 Å². The van der Waals surface area contributed by atoms with Crippen molar-refractivity contribution in [2.75, 3.05) is 13.1 Å². The first-order chi connectivity index (χ1) is 6.24. The molecule has 0 bridgehead atoms. The molecule has 0 aromatic rings. The largest absolute Gasteiger partial charge is 0.300 e. The Morgan fingerprint density at radius 2 is 2.15 bits per heavy atom. The van der Waals surface area contributed by atoms with E-state index in [0.29, 0.717) is 6.42 Å². The molecule has 2 nitrogen and oxygen atoms in total. The van der Waals surface area contributed by atoms with Crippen molar-refractivity contribution in [1.29, 1.82) is 5.26 Å². The average molecular weight is 180 g/mol. The van der Waals surface area contributed by atoms with E-state index >= 15 is 0 Å². The molecular formula is C11H20N2. The van der Waals surface area contributed by atoms with Gasteiger partial charge < -0.3 is 4.90 Å². The van der Waals surface area contributed by atoms with Crippen LogP contribution in [0.25, 0.3) is 0 Å². The average Bonchev–Trinajstić information content (AvgIpc) is 2.11. The highest BCUT2D eigenvalue weighted by Gasteiger charge is 2.21. The maximum absolute atomic E-state index is 8.45. The van der Waals surface area contributed by atoms with E-state index in [0.717, 1.165) is 24.9 Å². The molecule has 1 fully saturated rings. The second-order valence-corrected chi connectivity index (χ2v) is 4.29. The minimum absolute atomic E-state index is 0.706. The molecule has 74 valence electrons. The molecule has 1 heterocycles. The van der Waals surface area contributed by atoms with Gasteiger partial charge in [0.2, 0.25) is 0 Å². The normalized spacial score (nSPS) is 29.9. The molecule has 0 aliphatic carbocycles. The van der Waals surface area contributed by atoms with Gasteiger partial charge in [0.25, 0.3) is 0 Å². The summed E-state index contributed by atoms with van der Waals surface area (Å²) in [5.41, 5.74) is 0. The third-order valence-electron chi connectivity index (χ3n) is 2.98. The topological polar surface area (TPSA) is 27.0 Å². The maximum Gasteiger partial charge on any atom is 0.0622 e. The predicted molar refractivity (Wildman–Crippen MR) is 54.3 cm³/mol. The van der Waals surface area contributed by atoms with Crippen molar-refractivity contribution < 1.29 is 0 Å². The monoisotopic (exact) mass is 180 g/mol. The first kappa shape index (κ1) is 10.5. The molecule has 0 aromatic carbocycles. The Balaban J connectivity index is 2.26. The molecule has 1 aliphatic rings. The molecule has 2 atom stereocenters. The summed E-state index contributed by atoms with van der Waals surface area (Å²) in [5, 5.41) is 8.45. The van der Waals surface area contributed by atoms with Crippen LogP contribution < -0.4 is 0 Å². The third kappa shape index (κ3) is 3.36. The first-order valence-corrected chi connectivity index (χ1v) is 5.35. The van der Waals surface area contributed by atoms with Crippen molar-refractivity contribution in [2.24, 2.45) is 5.92 Å². The van der Waals surface area contributed by atoms with Crippen LogP contribution in [0.2, 0.25) is 0 Å². The molecule has 0 aromatic heterocycles. The van der Waals surface area contributed by atoms with E-state index in [9.17, 15) is 0 Å². The molecule has 1 rings (SSSR count). The van der Waals surface area contributed by atoms with Crippen molar-refractivity contribution in [3.63, 3.8) is 0 Å². The standard InChI is InChI=1S/C11H20N2/c1-10-5-6-11(2)13(9-10)8-4-3-7-12/h10-11H,3-6,8-9H2,1-2H3. The summed E-state index contributed by atoms with van der Waals surface area (Å²) in [6.07, 6.45) is 4.44. The van der Waals surface area contributed by atoms with Crippen molar-refractivity contribution in [2.45, 2.75) is 45.6 Å². The number of rotatable bonds is 3. The van der Waals surface area contributed by atoms with Crippen molar-refractivity contribution >= 4 is 0 Å². The Labute approximate surface area is 81.5 Å². The van der Waals surface area contributed by atoms with Crippen LogP contribution in [0.3, 0.4) is 0 Å². The smallest absolute Gasteiger partial charge is 0.0622 e. The number of hydrogen-bond acceptors (Lipinski definition) is 2. The van der Waals surface area contributed by atoms with Gasteiger partial charge in [-0.3, -0.25) is 0 Å². The summed E-state index contributed by atoms with van der Waals surface area (Å²) in [4.78, 5) is 2.53. The lowest BCUT2D eigenvalue weighted by molar-refractivity contribution is 0.124. The molecule has 1 saturated heterocycles. The fourth-order valence-corrected chi connectivity index (χ4v) is 2.05. The highest BCUT2D eigenvalue weighted by molar-refractivity contribution is 4.78. The summed E-state index contributed by atoms with van der Waals surface area (Å²) in [6.45, 7) is 6.97. The van der Waals surface area contributed by atoms with Gasteiger partial charge in [-0.05, 0) is 38.6 Å². The molecule has 1 aliphatic heterocycles. The summed E-state index contributed by atoms with van der Waals surface area (Å²) in [7, 11) is 0. The van der Waals surface area contributed by atoms with Gasteiger partial charge in [-0.2, -0.15) is 5.26 Å². The second kappa shape index (κ2) is 5.24. The Bertz CT molecular complexity index is 183. The zero-order valence-corrected chi connectivity index (χ0v) is 8.79. The first-order valence-electron chi connectivity index (χ1n) is 5.35. The van der Waals surface area contributed by atoms with Crippen molar-refractivity contribution in [3.8, 4) is 6.07 Å². The SMILES string of the molecule is CC1CCC(C)N(CCCC#N)C1. The molecular weight excluding hydrogens is 160 g/mol. The quantitative estimate of drug-likeness (QED) is 0.624. The van der Waals surface area contributed by atoms with Crippen LogP contribution in [-0.4, -0.2) is 24.0 Å². The van der Waals surface area contributed by atoms with Crippen molar-refractivity contribution in [3.05, 3.63) is 0 Å². The predicted octanol–water partition coefficient (Wildman–Crippen LogP) is 2.41. The van der Waals surface area contributed by atoms with Crippen molar-refractivity contribution in [1.82, 2.24) is 4.90 Å². The van der Waals surface area contributed by atoms with E-state index in [2.05, 4.69) is 24.8 Å². The fraction of sp³-hybridized carbons (Fsp3) is 0.909. The number of nitriles is 1. The molecule has 0 radical (unpaired) electrons. The number of hydrogen-bond donors (Lipinski definition) is 0. The number of likely N-dealkylation sites (tertiary alicyclic amines) is 1. The highest BCUT2D eigenvalue weighted by Crippen LogP contribution is 2.21. The lowest BCUT2D eigenvalue weighted by atomic mass is 9.95. The van der Waals surface area contributed by atoms with Gasteiger partial charge in [0.1, 0.15) is 0 Å². The van der Waals surface area contributed by atoms with Crippen LogP contribution in [0.4, 0.5) is 0 Å². The molecule has 2 unspecified atom stereocenters. The van der Waals surface area contributed by atoms with Crippen LogP contribution in [0.5, 0.6) is 0 Å². The van der Waals surface area contributed by atoms with Crippen LogP contribution >= 0.6 is 0 Å². The van der Waals surface area contributed by atoms with E-state index in [1.54, 1.807) is 0 Å². The lowest BCUT2D eigenvalue weighted by Gasteiger charge is -2.36. The van der Waals surface area contributed by atoms with Crippen LogP contribution in [0.1, 0.15) is 39.5 Å². The van der Waals surface area contributed by atoms with Gasteiger partial charge in [-0.15, -0.1) is 0 Å². The van der Waals surface area contributed by atoms with E-state index in [1.165, 1.54) is 19.4 Å². The fourth-order valence-electron chi connectivity index (χ4n) is 2.05. The van der Waals surface area contributed by atoms with E-state index in [4.69, 9.17) is 5.26 Å². The second-order valence-electron chi connectivity index (χ2n) is 4.29. The van der Waals surface area contributed by atoms with Crippen LogP contribution in [0, 0.1) is 17.2 Å². The Morgan fingerprint density at radius 3 is 2.85 bits per heavy atom. The number of unbranched alkanes of at least 4 members (excludes halogenated alkanes) is 1. The Morgan fingerprint density at radius 1 is 1.38 bits per heavy atom. The van der Waals surface area contributed by atoms with Gasteiger partial charge in [0.15, 0.2) is 0 Å². The number of piperidine rings is 1. The maximum atomic E-state index is 8.45. The van der Waals surface area contributed by atoms with Gasteiger partial charge >= 0.3 is 0 Å².